The molecule has 0 radical (unpaired) electrons. The van der Waals surface area contributed by atoms with Crippen LogP contribution in [0.4, 0.5) is 0 Å². The third-order valence-corrected chi connectivity index (χ3v) is 9.80. The van der Waals surface area contributed by atoms with E-state index in [-0.39, 0.29) is 30.8 Å². The lowest BCUT2D eigenvalue weighted by atomic mass is 9.43. The Morgan fingerprint density at radius 2 is 1.95 bits per heavy atom. The first-order chi connectivity index (χ1) is 17.8. The molecule has 6 nitrogen and oxygen atoms in total. The number of furan rings is 1. The molecule has 7 heteroatoms. The Kier molecular flexibility index (Phi) is 5.37. The number of amides is 1. The molecule has 1 saturated heterocycles. The number of rotatable bonds is 6. The van der Waals surface area contributed by atoms with E-state index in [4.69, 9.17) is 18.5 Å². The quantitative estimate of drug-likeness (QED) is 0.448. The van der Waals surface area contributed by atoms with Crippen molar-refractivity contribution in [2.45, 2.75) is 77.3 Å². The molecule has 4 fully saturated rings. The number of fused-ring (bicyclic) bond motifs is 2. The topological polar surface area (TPSA) is 69.9 Å². The van der Waals surface area contributed by atoms with Gasteiger partial charge in [0.1, 0.15) is 5.58 Å². The Balaban J connectivity index is 1.13. The maximum absolute atomic E-state index is 13.3. The first-order valence-corrected chi connectivity index (χ1v) is 13.6. The van der Waals surface area contributed by atoms with Crippen LogP contribution in [-0.2, 0) is 38.5 Å². The summed E-state index contributed by atoms with van der Waals surface area (Å²) in [6.45, 7) is 8.24. The molecule has 5 atom stereocenters. The van der Waals surface area contributed by atoms with Crippen molar-refractivity contribution in [3.05, 3.63) is 71.0 Å². The van der Waals surface area contributed by atoms with Gasteiger partial charge in [-0.15, -0.1) is 0 Å². The molecular formula is C30H34BNO5. The second-order valence-corrected chi connectivity index (χ2v) is 12.2. The number of ether oxygens (including phenoxy) is 1. The average molecular weight is 499 g/mol. The van der Waals surface area contributed by atoms with E-state index in [2.05, 4.69) is 38.2 Å². The van der Waals surface area contributed by atoms with Gasteiger partial charge in [-0.3, -0.25) is 4.79 Å². The fourth-order valence-corrected chi connectivity index (χ4v) is 7.54. The Hall–Kier alpha value is -2.61. The zero-order valence-electron chi connectivity index (χ0n) is 21.8. The molecule has 192 valence electrons. The van der Waals surface area contributed by atoms with Crippen molar-refractivity contribution in [2.75, 3.05) is 0 Å². The monoisotopic (exact) mass is 499 g/mol. The molecule has 37 heavy (non-hydrogen) atoms. The number of hydrogen-bond acceptors (Lipinski definition) is 5. The number of benzene rings is 2. The maximum Gasteiger partial charge on any atom is 0.460 e. The molecule has 2 bridgehead atoms. The van der Waals surface area contributed by atoms with Crippen LogP contribution in [0.1, 0.15) is 61.9 Å². The highest BCUT2D eigenvalue weighted by Crippen LogP contribution is 2.65. The fraction of sp³-hybridized carbons (Fsp3) is 0.500. The Labute approximate surface area is 218 Å². The van der Waals surface area contributed by atoms with Crippen molar-refractivity contribution in [3.8, 4) is 0 Å². The zero-order chi connectivity index (χ0) is 25.4. The smallest absolute Gasteiger partial charge is 0.460 e. The van der Waals surface area contributed by atoms with E-state index in [0.717, 1.165) is 28.5 Å². The van der Waals surface area contributed by atoms with E-state index < -0.39 is 0 Å². The number of carbonyl (C=O) groups excluding carboxylic acids is 1. The molecule has 2 aromatic carbocycles. The second kappa shape index (κ2) is 8.45. The van der Waals surface area contributed by atoms with Crippen molar-refractivity contribution < 1.29 is 23.3 Å². The van der Waals surface area contributed by atoms with Gasteiger partial charge in [0.05, 0.1) is 43.6 Å². The third-order valence-electron chi connectivity index (χ3n) is 9.80. The van der Waals surface area contributed by atoms with E-state index in [1.54, 1.807) is 6.26 Å². The molecule has 3 aliphatic carbocycles. The Morgan fingerprint density at radius 3 is 2.81 bits per heavy atom. The molecule has 2 aliphatic heterocycles. The summed E-state index contributed by atoms with van der Waals surface area (Å²) in [5, 5.41) is 4.30. The van der Waals surface area contributed by atoms with Gasteiger partial charge in [0.15, 0.2) is 0 Å². The van der Waals surface area contributed by atoms with Gasteiger partial charge in [0.25, 0.3) is 0 Å². The van der Waals surface area contributed by atoms with E-state index in [1.807, 2.05) is 30.3 Å². The number of nitrogens with one attached hydrogen (secondary N) is 1. The fourth-order valence-electron chi connectivity index (χ4n) is 7.54. The van der Waals surface area contributed by atoms with Crippen LogP contribution in [0.25, 0.3) is 11.0 Å². The van der Waals surface area contributed by atoms with Crippen LogP contribution in [-0.4, -0.2) is 24.7 Å². The van der Waals surface area contributed by atoms with Gasteiger partial charge in [-0.05, 0) is 59.8 Å². The molecule has 5 aliphatic rings. The summed E-state index contributed by atoms with van der Waals surface area (Å²) in [5.74, 6) is 1.17. The van der Waals surface area contributed by atoms with Crippen molar-refractivity contribution in [3.63, 3.8) is 0 Å². The minimum atomic E-state index is -0.374. The first kappa shape index (κ1) is 23.5. The number of para-hydroxylation sites is 1. The van der Waals surface area contributed by atoms with Gasteiger partial charge < -0.3 is 23.8 Å². The van der Waals surface area contributed by atoms with E-state index in [9.17, 15) is 4.79 Å². The van der Waals surface area contributed by atoms with Crippen LogP contribution in [0.2, 0.25) is 6.32 Å². The summed E-state index contributed by atoms with van der Waals surface area (Å²) in [4.78, 5) is 13.3. The van der Waals surface area contributed by atoms with Crippen molar-refractivity contribution >= 4 is 24.0 Å². The summed E-state index contributed by atoms with van der Waals surface area (Å²) in [6.07, 6.45) is 4.99. The summed E-state index contributed by atoms with van der Waals surface area (Å²) in [6, 6.07) is 13.9. The second-order valence-electron chi connectivity index (χ2n) is 12.2. The molecule has 1 N–H and O–H groups in total. The standard InChI is InChI=1S/C30H34BNO5/c1-29(2)21-12-26(29)30(3)27(13-21)36-31(37-30)14-24(23-17-35-25-7-5-4-6-22(23)25)32-28(33)11-18-8-9-19-15-34-16-20(19)10-18/h4-10,17,21,24,26-27H,11-16H2,1-3H3,(H,32,33)/t21-,24+,26-,27+,30-/m0/s1. The van der Waals surface area contributed by atoms with Gasteiger partial charge in [-0.1, -0.05) is 50.2 Å². The third kappa shape index (κ3) is 3.77. The summed E-state index contributed by atoms with van der Waals surface area (Å²) >= 11 is 0. The molecule has 0 unspecified atom stereocenters. The molecule has 3 heterocycles. The van der Waals surface area contributed by atoms with Crippen LogP contribution in [0.15, 0.2) is 53.1 Å². The lowest BCUT2D eigenvalue weighted by molar-refractivity contribution is -0.199. The van der Waals surface area contributed by atoms with Crippen LogP contribution < -0.4 is 5.32 Å². The molecule has 3 aromatic rings. The first-order valence-electron chi connectivity index (χ1n) is 13.6. The Bertz CT molecular complexity index is 1370. The summed E-state index contributed by atoms with van der Waals surface area (Å²) < 4.78 is 24.6. The minimum Gasteiger partial charge on any atom is -0.464 e. The molecule has 1 amide bonds. The predicted molar refractivity (Wildman–Crippen MR) is 141 cm³/mol. The van der Waals surface area contributed by atoms with Gasteiger partial charge in [-0.25, -0.2) is 0 Å². The van der Waals surface area contributed by atoms with Gasteiger partial charge in [0.2, 0.25) is 5.91 Å². The molecule has 1 aromatic heterocycles. The van der Waals surface area contributed by atoms with Crippen LogP contribution in [0, 0.1) is 17.3 Å². The SMILES string of the molecule is CC1(C)[C@@H]2C[C@H]3OB(C[C@@H](NC(=O)Cc4ccc5c(c4)COC5)c4coc5ccccc45)O[C@@]3(C)[C@H]1C2. The maximum atomic E-state index is 13.3. The summed E-state index contributed by atoms with van der Waals surface area (Å²) in [5.41, 5.74) is 5.16. The minimum absolute atomic E-state index is 0.0286. The lowest BCUT2D eigenvalue weighted by Gasteiger charge is -2.64. The van der Waals surface area contributed by atoms with Crippen molar-refractivity contribution in [2.24, 2.45) is 17.3 Å². The van der Waals surface area contributed by atoms with Crippen LogP contribution in [0.5, 0.6) is 0 Å². The molecule has 0 spiro atoms. The summed E-state index contributed by atoms with van der Waals surface area (Å²) in [7, 11) is -0.374. The van der Waals surface area contributed by atoms with E-state index >= 15 is 0 Å². The van der Waals surface area contributed by atoms with Crippen molar-refractivity contribution in [1.29, 1.82) is 0 Å². The van der Waals surface area contributed by atoms with E-state index in [1.165, 1.54) is 17.5 Å². The number of carbonyl (C=O) groups is 1. The molecular weight excluding hydrogens is 465 g/mol. The highest BCUT2D eigenvalue weighted by Gasteiger charge is 2.67. The largest absolute Gasteiger partial charge is 0.464 e. The Morgan fingerprint density at radius 1 is 1.11 bits per heavy atom. The van der Waals surface area contributed by atoms with Crippen LogP contribution >= 0.6 is 0 Å². The van der Waals surface area contributed by atoms with E-state index in [0.29, 0.717) is 43.2 Å². The highest BCUT2D eigenvalue weighted by molar-refractivity contribution is 6.45. The van der Waals surface area contributed by atoms with Gasteiger partial charge >= 0.3 is 7.12 Å². The van der Waals surface area contributed by atoms with Gasteiger partial charge in [-0.2, -0.15) is 0 Å². The molecule has 3 saturated carbocycles. The highest BCUT2D eigenvalue weighted by atomic mass is 16.7. The average Bonchev–Trinajstić information content (AvgIpc) is 3.58. The zero-order valence-corrected chi connectivity index (χ0v) is 21.8. The van der Waals surface area contributed by atoms with Crippen molar-refractivity contribution in [1.82, 2.24) is 5.32 Å². The van der Waals surface area contributed by atoms with Gasteiger partial charge in [0, 0.05) is 17.3 Å². The number of hydrogen-bond donors (Lipinski definition) is 1. The normalized spacial score (nSPS) is 30.0. The lowest BCUT2D eigenvalue weighted by Crippen LogP contribution is -2.65. The predicted octanol–water partition coefficient (Wildman–Crippen LogP) is 5.59. The molecule has 8 rings (SSSR count). The van der Waals surface area contributed by atoms with Crippen LogP contribution in [0.3, 0.4) is 0 Å².